The summed E-state index contributed by atoms with van der Waals surface area (Å²) >= 11 is 0. The van der Waals surface area contributed by atoms with E-state index in [-0.39, 0.29) is 35.7 Å². The molecule has 1 aliphatic heterocycles. The molecule has 1 amide bonds. The van der Waals surface area contributed by atoms with E-state index in [1.165, 1.54) is 12.1 Å². The average molecular weight is 510 g/mol. The Morgan fingerprint density at radius 2 is 1.93 bits per heavy atom. The van der Waals surface area contributed by atoms with Gasteiger partial charge in [0.1, 0.15) is 5.82 Å². The molecule has 7 heteroatoms. The number of nitrogens with one attached hydrogen (secondary N) is 2. The first-order valence-electron chi connectivity index (χ1n) is 9.77. The lowest BCUT2D eigenvalue weighted by Gasteiger charge is -2.19. The molecule has 1 heterocycles. The SMILES string of the molecule is CCNC(=NCc1cccc(F)c1)NCc1ccccc1CN1CCCC1=O.I. The van der Waals surface area contributed by atoms with Crippen molar-refractivity contribution in [1.29, 1.82) is 0 Å². The molecule has 1 saturated heterocycles. The van der Waals surface area contributed by atoms with E-state index in [0.29, 0.717) is 32.0 Å². The fourth-order valence-electron chi connectivity index (χ4n) is 3.29. The summed E-state index contributed by atoms with van der Waals surface area (Å²) < 4.78 is 13.3. The summed E-state index contributed by atoms with van der Waals surface area (Å²) in [4.78, 5) is 18.4. The number of carbonyl (C=O) groups is 1. The Bertz CT molecular complexity index is 843. The van der Waals surface area contributed by atoms with Crippen molar-refractivity contribution in [3.05, 3.63) is 71.0 Å². The molecule has 3 rings (SSSR count). The number of amides is 1. The molecule has 1 aliphatic rings. The van der Waals surface area contributed by atoms with Gasteiger partial charge in [0.15, 0.2) is 5.96 Å². The van der Waals surface area contributed by atoms with Gasteiger partial charge in [-0.05, 0) is 42.2 Å². The number of aliphatic imine (C=N–C) groups is 1. The molecular weight excluding hydrogens is 482 g/mol. The van der Waals surface area contributed by atoms with E-state index in [1.807, 2.05) is 30.0 Å². The number of hydrogen-bond donors (Lipinski definition) is 2. The van der Waals surface area contributed by atoms with Gasteiger partial charge in [0.05, 0.1) is 6.54 Å². The van der Waals surface area contributed by atoms with Gasteiger partial charge in [-0.1, -0.05) is 36.4 Å². The van der Waals surface area contributed by atoms with Gasteiger partial charge in [-0.2, -0.15) is 0 Å². The Balaban J connectivity index is 0.00000300. The Labute approximate surface area is 188 Å². The minimum atomic E-state index is -0.254. The van der Waals surface area contributed by atoms with Crippen LogP contribution in [0.15, 0.2) is 53.5 Å². The number of guanidine groups is 1. The van der Waals surface area contributed by atoms with Gasteiger partial charge in [-0.3, -0.25) is 4.79 Å². The first-order chi connectivity index (χ1) is 13.7. The van der Waals surface area contributed by atoms with Crippen LogP contribution in [0, 0.1) is 5.82 Å². The highest BCUT2D eigenvalue weighted by atomic mass is 127. The fraction of sp³-hybridized carbons (Fsp3) is 0.364. The highest BCUT2D eigenvalue weighted by Crippen LogP contribution is 2.17. The van der Waals surface area contributed by atoms with Crippen LogP contribution in [0.2, 0.25) is 0 Å². The van der Waals surface area contributed by atoms with Crippen LogP contribution in [0.1, 0.15) is 36.5 Å². The normalized spacial score (nSPS) is 13.9. The summed E-state index contributed by atoms with van der Waals surface area (Å²) in [6.45, 7) is 5.22. The zero-order chi connectivity index (χ0) is 19.8. The maximum Gasteiger partial charge on any atom is 0.222 e. The summed E-state index contributed by atoms with van der Waals surface area (Å²) in [6, 6.07) is 14.6. The molecule has 0 unspecified atom stereocenters. The molecule has 2 aromatic carbocycles. The second-order valence-corrected chi connectivity index (χ2v) is 6.87. The van der Waals surface area contributed by atoms with Crippen molar-refractivity contribution in [3.8, 4) is 0 Å². The van der Waals surface area contributed by atoms with Crippen molar-refractivity contribution in [2.24, 2.45) is 4.99 Å². The number of carbonyl (C=O) groups excluding carboxylic acids is 1. The largest absolute Gasteiger partial charge is 0.357 e. The summed E-state index contributed by atoms with van der Waals surface area (Å²) in [7, 11) is 0. The summed E-state index contributed by atoms with van der Waals surface area (Å²) in [5.74, 6) is 0.655. The third-order valence-corrected chi connectivity index (χ3v) is 4.75. The fourth-order valence-corrected chi connectivity index (χ4v) is 3.29. The van der Waals surface area contributed by atoms with Crippen LogP contribution in [0.25, 0.3) is 0 Å². The second-order valence-electron chi connectivity index (χ2n) is 6.87. The maximum absolute atomic E-state index is 13.3. The topological polar surface area (TPSA) is 56.7 Å². The molecule has 2 N–H and O–H groups in total. The lowest BCUT2D eigenvalue weighted by atomic mass is 10.1. The quantitative estimate of drug-likeness (QED) is 0.339. The molecule has 0 aromatic heterocycles. The number of halogens is 2. The van der Waals surface area contributed by atoms with Crippen LogP contribution in [0.4, 0.5) is 4.39 Å². The molecule has 0 saturated carbocycles. The minimum absolute atomic E-state index is 0. The Kier molecular flexibility index (Phi) is 9.37. The molecular formula is C22H28FIN4O. The number of rotatable bonds is 7. The van der Waals surface area contributed by atoms with Crippen molar-refractivity contribution >= 4 is 35.8 Å². The Morgan fingerprint density at radius 1 is 1.14 bits per heavy atom. The predicted octanol–water partition coefficient (Wildman–Crippen LogP) is 3.82. The third-order valence-electron chi connectivity index (χ3n) is 4.75. The van der Waals surface area contributed by atoms with E-state index < -0.39 is 0 Å². The Morgan fingerprint density at radius 3 is 2.62 bits per heavy atom. The molecule has 0 spiro atoms. The van der Waals surface area contributed by atoms with Crippen molar-refractivity contribution in [3.63, 3.8) is 0 Å². The van der Waals surface area contributed by atoms with Crippen LogP contribution in [0.3, 0.4) is 0 Å². The molecule has 0 radical (unpaired) electrons. The second kappa shape index (κ2) is 11.7. The van der Waals surface area contributed by atoms with Gasteiger partial charge < -0.3 is 15.5 Å². The van der Waals surface area contributed by atoms with Crippen LogP contribution in [0.5, 0.6) is 0 Å². The van der Waals surface area contributed by atoms with Gasteiger partial charge in [0, 0.05) is 32.6 Å². The van der Waals surface area contributed by atoms with E-state index in [2.05, 4.69) is 27.8 Å². The first kappa shape index (κ1) is 23.1. The molecule has 0 atom stereocenters. The molecule has 156 valence electrons. The summed E-state index contributed by atoms with van der Waals surface area (Å²) in [5.41, 5.74) is 3.11. The third kappa shape index (κ3) is 6.99. The van der Waals surface area contributed by atoms with Crippen LogP contribution >= 0.6 is 24.0 Å². The standard InChI is InChI=1S/C22H27FN4O.HI/c1-2-24-22(25-14-17-7-5-10-20(23)13-17)26-15-18-8-3-4-9-19(18)16-27-12-6-11-21(27)28;/h3-5,7-10,13H,2,6,11-12,14-16H2,1H3,(H2,24,25,26);1H. The summed E-state index contributed by atoms with van der Waals surface area (Å²) in [6.07, 6.45) is 1.59. The van der Waals surface area contributed by atoms with Gasteiger partial charge in [-0.15, -0.1) is 24.0 Å². The highest BCUT2D eigenvalue weighted by Gasteiger charge is 2.20. The summed E-state index contributed by atoms with van der Waals surface area (Å²) in [5, 5.41) is 6.56. The molecule has 5 nitrogen and oxygen atoms in total. The van der Waals surface area contributed by atoms with E-state index >= 15 is 0 Å². The van der Waals surface area contributed by atoms with Crippen molar-refractivity contribution in [2.75, 3.05) is 13.1 Å². The smallest absolute Gasteiger partial charge is 0.222 e. The van der Waals surface area contributed by atoms with Gasteiger partial charge in [0.2, 0.25) is 5.91 Å². The first-order valence-corrected chi connectivity index (χ1v) is 9.77. The number of hydrogen-bond acceptors (Lipinski definition) is 2. The van der Waals surface area contributed by atoms with E-state index in [0.717, 1.165) is 36.2 Å². The van der Waals surface area contributed by atoms with Crippen LogP contribution in [-0.2, 0) is 24.4 Å². The molecule has 0 bridgehead atoms. The van der Waals surface area contributed by atoms with Crippen LogP contribution in [-0.4, -0.2) is 29.9 Å². The molecule has 1 fully saturated rings. The zero-order valence-corrected chi connectivity index (χ0v) is 19.0. The zero-order valence-electron chi connectivity index (χ0n) is 16.7. The molecule has 2 aromatic rings. The van der Waals surface area contributed by atoms with E-state index in [9.17, 15) is 9.18 Å². The Hall–Kier alpha value is -2.16. The molecule has 0 aliphatic carbocycles. The van der Waals surface area contributed by atoms with Crippen molar-refractivity contribution < 1.29 is 9.18 Å². The van der Waals surface area contributed by atoms with E-state index in [1.54, 1.807) is 6.07 Å². The number of likely N-dealkylation sites (tertiary alicyclic amines) is 1. The monoisotopic (exact) mass is 510 g/mol. The van der Waals surface area contributed by atoms with Gasteiger partial charge >= 0.3 is 0 Å². The van der Waals surface area contributed by atoms with Crippen LogP contribution < -0.4 is 10.6 Å². The molecule has 29 heavy (non-hydrogen) atoms. The van der Waals surface area contributed by atoms with E-state index in [4.69, 9.17) is 0 Å². The van der Waals surface area contributed by atoms with Gasteiger partial charge in [0.25, 0.3) is 0 Å². The maximum atomic E-state index is 13.3. The minimum Gasteiger partial charge on any atom is -0.357 e. The lowest BCUT2D eigenvalue weighted by Crippen LogP contribution is -2.37. The average Bonchev–Trinajstić information content (AvgIpc) is 3.10. The van der Waals surface area contributed by atoms with Crippen molar-refractivity contribution in [1.82, 2.24) is 15.5 Å². The number of benzene rings is 2. The lowest BCUT2D eigenvalue weighted by molar-refractivity contribution is -0.128. The van der Waals surface area contributed by atoms with Crippen molar-refractivity contribution in [2.45, 2.75) is 39.4 Å². The predicted molar refractivity (Wildman–Crippen MR) is 125 cm³/mol. The number of nitrogens with zero attached hydrogens (tertiary/aromatic N) is 2. The highest BCUT2D eigenvalue weighted by molar-refractivity contribution is 14.0. The van der Waals surface area contributed by atoms with Gasteiger partial charge in [-0.25, -0.2) is 9.38 Å².